The minimum atomic E-state index is -2.88. The van der Waals surface area contributed by atoms with E-state index in [0.717, 1.165) is 11.4 Å². The molecule has 0 radical (unpaired) electrons. The van der Waals surface area contributed by atoms with E-state index < -0.39 is 6.61 Å². The van der Waals surface area contributed by atoms with Crippen LogP contribution in [0.2, 0.25) is 5.02 Å². The van der Waals surface area contributed by atoms with E-state index in [2.05, 4.69) is 9.84 Å². The van der Waals surface area contributed by atoms with Gasteiger partial charge in [0, 0.05) is 32.9 Å². The molecule has 0 amide bonds. The standard InChI is InChI=1S/C13H14ClF2N3O/c1-18(12-5-6-19(2)17-12)8-9-3-4-11(10(14)7-9)20-13(15)16/h3-7,13H,8H2,1-2H3. The van der Waals surface area contributed by atoms with Gasteiger partial charge in [-0.05, 0) is 17.7 Å². The average Bonchev–Trinajstić information content (AvgIpc) is 2.79. The SMILES string of the molecule is CN(Cc1ccc(OC(F)F)c(Cl)c1)c1ccn(C)n1. The summed E-state index contributed by atoms with van der Waals surface area (Å²) in [4.78, 5) is 1.93. The minimum absolute atomic E-state index is 0.0223. The lowest BCUT2D eigenvalue weighted by Gasteiger charge is -2.17. The first kappa shape index (κ1) is 14.6. The highest BCUT2D eigenvalue weighted by molar-refractivity contribution is 6.32. The lowest BCUT2D eigenvalue weighted by molar-refractivity contribution is -0.0497. The van der Waals surface area contributed by atoms with E-state index in [-0.39, 0.29) is 10.8 Å². The van der Waals surface area contributed by atoms with Crippen molar-refractivity contribution in [1.29, 1.82) is 0 Å². The maximum absolute atomic E-state index is 12.1. The molecule has 2 aromatic rings. The summed E-state index contributed by atoms with van der Waals surface area (Å²) in [5.74, 6) is 0.794. The number of aromatic nitrogens is 2. The highest BCUT2D eigenvalue weighted by Gasteiger charge is 2.10. The Morgan fingerprint density at radius 2 is 2.15 bits per heavy atom. The third-order valence-electron chi connectivity index (χ3n) is 2.72. The Morgan fingerprint density at radius 1 is 1.40 bits per heavy atom. The van der Waals surface area contributed by atoms with Gasteiger partial charge in [0.25, 0.3) is 0 Å². The number of rotatable bonds is 5. The topological polar surface area (TPSA) is 30.3 Å². The van der Waals surface area contributed by atoms with Crippen LogP contribution in [0.3, 0.4) is 0 Å². The zero-order valence-electron chi connectivity index (χ0n) is 11.1. The molecule has 20 heavy (non-hydrogen) atoms. The molecule has 0 bridgehead atoms. The van der Waals surface area contributed by atoms with Crippen molar-refractivity contribution in [1.82, 2.24) is 9.78 Å². The van der Waals surface area contributed by atoms with Crippen LogP contribution in [0.1, 0.15) is 5.56 Å². The van der Waals surface area contributed by atoms with Crippen LogP contribution < -0.4 is 9.64 Å². The van der Waals surface area contributed by atoms with Gasteiger partial charge in [0.05, 0.1) is 5.02 Å². The molecule has 0 fully saturated rings. The molecule has 108 valence electrons. The number of halogens is 3. The van der Waals surface area contributed by atoms with Gasteiger partial charge in [0.2, 0.25) is 0 Å². The quantitative estimate of drug-likeness (QED) is 0.849. The van der Waals surface area contributed by atoms with Crippen molar-refractivity contribution in [2.45, 2.75) is 13.2 Å². The normalized spacial score (nSPS) is 10.9. The van der Waals surface area contributed by atoms with Gasteiger partial charge in [-0.25, -0.2) is 0 Å². The molecule has 0 atom stereocenters. The van der Waals surface area contributed by atoms with Crippen molar-refractivity contribution in [3.63, 3.8) is 0 Å². The number of benzene rings is 1. The highest BCUT2D eigenvalue weighted by Crippen LogP contribution is 2.27. The largest absolute Gasteiger partial charge is 0.433 e. The van der Waals surface area contributed by atoms with Gasteiger partial charge >= 0.3 is 6.61 Å². The van der Waals surface area contributed by atoms with E-state index in [1.165, 1.54) is 6.07 Å². The second-order valence-electron chi connectivity index (χ2n) is 4.35. The molecule has 0 saturated carbocycles. The number of alkyl halides is 2. The van der Waals surface area contributed by atoms with Crippen molar-refractivity contribution in [2.75, 3.05) is 11.9 Å². The molecule has 7 heteroatoms. The number of ether oxygens (including phenoxy) is 1. The van der Waals surface area contributed by atoms with E-state index in [9.17, 15) is 8.78 Å². The molecular formula is C13H14ClF2N3O. The molecule has 0 N–H and O–H groups in total. The molecule has 0 aliphatic heterocycles. The highest BCUT2D eigenvalue weighted by atomic mass is 35.5. The van der Waals surface area contributed by atoms with E-state index in [0.29, 0.717) is 6.54 Å². The first-order valence-corrected chi connectivity index (χ1v) is 6.27. The Bertz CT molecular complexity index is 589. The fraction of sp³-hybridized carbons (Fsp3) is 0.308. The summed E-state index contributed by atoms with van der Waals surface area (Å²) in [6, 6.07) is 6.63. The summed E-state index contributed by atoms with van der Waals surface area (Å²) in [7, 11) is 3.73. The summed E-state index contributed by atoms with van der Waals surface area (Å²) >= 11 is 5.91. The van der Waals surface area contributed by atoms with Gasteiger partial charge in [0.1, 0.15) is 5.75 Å². The zero-order valence-corrected chi connectivity index (χ0v) is 11.8. The number of nitrogens with zero attached hydrogens (tertiary/aromatic N) is 3. The number of hydrogen-bond acceptors (Lipinski definition) is 3. The Balaban J connectivity index is 2.08. The van der Waals surface area contributed by atoms with Crippen molar-refractivity contribution >= 4 is 17.4 Å². The van der Waals surface area contributed by atoms with Crippen LogP contribution in [0.15, 0.2) is 30.5 Å². The number of hydrogen-bond donors (Lipinski definition) is 0. The first-order valence-electron chi connectivity index (χ1n) is 5.89. The maximum Gasteiger partial charge on any atom is 0.387 e. The molecule has 1 aromatic heterocycles. The smallest absolute Gasteiger partial charge is 0.387 e. The maximum atomic E-state index is 12.1. The molecule has 0 aliphatic carbocycles. The molecular weight excluding hydrogens is 288 g/mol. The van der Waals surface area contributed by atoms with Crippen LogP contribution in [-0.4, -0.2) is 23.4 Å². The van der Waals surface area contributed by atoms with Gasteiger partial charge < -0.3 is 9.64 Å². The lowest BCUT2D eigenvalue weighted by atomic mass is 10.2. The monoisotopic (exact) mass is 301 g/mol. The summed E-state index contributed by atoms with van der Waals surface area (Å²) in [6.45, 7) is -2.32. The predicted octanol–water partition coefficient (Wildman–Crippen LogP) is 3.31. The van der Waals surface area contributed by atoms with Crippen LogP contribution in [0.4, 0.5) is 14.6 Å². The molecule has 2 rings (SSSR count). The number of anilines is 1. The summed E-state index contributed by atoms with van der Waals surface area (Å²) in [5, 5.41) is 4.44. The molecule has 1 heterocycles. The molecule has 0 saturated heterocycles. The van der Waals surface area contributed by atoms with Crippen LogP contribution >= 0.6 is 11.6 Å². The molecule has 0 spiro atoms. The van der Waals surface area contributed by atoms with Crippen LogP contribution in [-0.2, 0) is 13.6 Å². The second kappa shape index (κ2) is 6.09. The fourth-order valence-corrected chi connectivity index (χ4v) is 2.04. The molecule has 0 aliphatic rings. The average molecular weight is 302 g/mol. The summed E-state index contributed by atoms with van der Waals surface area (Å²) in [5.41, 5.74) is 0.879. The van der Waals surface area contributed by atoms with E-state index in [1.54, 1.807) is 16.8 Å². The van der Waals surface area contributed by atoms with Crippen LogP contribution in [0.25, 0.3) is 0 Å². The van der Waals surface area contributed by atoms with Gasteiger partial charge in [-0.3, -0.25) is 4.68 Å². The van der Waals surface area contributed by atoms with E-state index >= 15 is 0 Å². The van der Waals surface area contributed by atoms with Crippen molar-refractivity contribution < 1.29 is 13.5 Å². The van der Waals surface area contributed by atoms with Crippen molar-refractivity contribution in [3.05, 3.63) is 41.0 Å². The second-order valence-corrected chi connectivity index (χ2v) is 4.75. The Hall–Kier alpha value is -1.82. The van der Waals surface area contributed by atoms with Gasteiger partial charge in [-0.15, -0.1) is 0 Å². The van der Waals surface area contributed by atoms with E-state index in [4.69, 9.17) is 11.6 Å². The number of aryl methyl sites for hydroxylation is 1. The lowest BCUT2D eigenvalue weighted by Crippen LogP contribution is -2.17. The Labute approximate surface area is 120 Å². The molecule has 4 nitrogen and oxygen atoms in total. The summed E-state index contributed by atoms with van der Waals surface area (Å²) in [6.07, 6.45) is 1.85. The Kier molecular flexibility index (Phi) is 4.44. The molecule has 0 unspecified atom stereocenters. The summed E-state index contributed by atoms with van der Waals surface area (Å²) < 4.78 is 30.3. The zero-order chi connectivity index (χ0) is 14.7. The minimum Gasteiger partial charge on any atom is -0.433 e. The van der Waals surface area contributed by atoms with Crippen molar-refractivity contribution in [2.24, 2.45) is 7.05 Å². The van der Waals surface area contributed by atoms with E-state index in [1.807, 2.05) is 31.3 Å². The van der Waals surface area contributed by atoms with Gasteiger partial charge in [-0.1, -0.05) is 17.7 Å². The van der Waals surface area contributed by atoms with Crippen molar-refractivity contribution in [3.8, 4) is 5.75 Å². The fourth-order valence-electron chi connectivity index (χ4n) is 1.80. The third-order valence-corrected chi connectivity index (χ3v) is 3.02. The van der Waals surface area contributed by atoms with Crippen LogP contribution in [0, 0.1) is 0 Å². The van der Waals surface area contributed by atoms with Gasteiger partial charge in [-0.2, -0.15) is 13.9 Å². The van der Waals surface area contributed by atoms with Crippen LogP contribution in [0.5, 0.6) is 5.75 Å². The third kappa shape index (κ3) is 3.60. The Morgan fingerprint density at radius 3 is 2.70 bits per heavy atom. The predicted molar refractivity (Wildman–Crippen MR) is 73.4 cm³/mol. The first-order chi connectivity index (χ1) is 9.45. The molecule has 1 aromatic carbocycles. The van der Waals surface area contributed by atoms with Gasteiger partial charge in [0.15, 0.2) is 5.82 Å².